The fraction of sp³-hybridized carbons (Fsp3) is 0.789. The second-order valence-corrected chi connectivity index (χ2v) is 10.2. The SMILES string of the molecule is CC(=O)NC1[C@H](O[C@@H]2C(NOC=O)C(O)[C@@H](C(N)=O)O[C@H]2OP(=O)(O)OC[C@H](C)C(=O)O)OC(CO)[C@@H](O)[C@@H]1O. The number of rotatable bonds is 14. The van der Waals surface area contributed by atoms with Crippen molar-refractivity contribution in [3.63, 3.8) is 0 Å². The van der Waals surface area contributed by atoms with Gasteiger partial charge in [0.25, 0.3) is 0 Å². The standard InChI is InChI=1S/C19H32N3O17P/c1-6(17(30)31)4-35-40(32,33)39-19-14(9(22-34-5-24)13(28)15(38-19)16(20)29)37-18-10(21-7(2)25)12(27)11(26)8(3-23)36-18/h5-6,8-15,18-19,22-23,26-28H,3-4H2,1-2H3,(H2,20,29)(H,21,25)(H,30,31)(H,32,33)/t6-,8?,9?,10?,11+,12+,13?,14+,15-,18-,19-/m0/s1. The van der Waals surface area contributed by atoms with Gasteiger partial charge in [0.15, 0.2) is 18.7 Å². The van der Waals surface area contributed by atoms with Crippen molar-refractivity contribution in [2.24, 2.45) is 11.7 Å². The van der Waals surface area contributed by atoms with Crippen molar-refractivity contribution in [1.29, 1.82) is 0 Å². The summed E-state index contributed by atoms with van der Waals surface area (Å²) in [6, 6.07) is -3.33. The van der Waals surface area contributed by atoms with E-state index in [2.05, 4.69) is 14.7 Å². The van der Waals surface area contributed by atoms with Crippen LogP contribution in [0.15, 0.2) is 0 Å². The van der Waals surface area contributed by atoms with E-state index >= 15 is 0 Å². The minimum absolute atomic E-state index is 0.138. The Hall–Kier alpha value is -2.33. The molecule has 20 nitrogen and oxygen atoms in total. The third-order valence-electron chi connectivity index (χ3n) is 5.80. The van der Waals surface area contributed by atoms with Gasteiger partial charge < -0.3 is 60.5 Å². The van der Waals surface area contributed by atoms with E-state index in [0.717, 1.165) is 13.8 Å². The van der Waals surface area contributed by atoms with Gasteiger partial charge in [-0.25, -0.2) is 4.57 Å². The highest BCUT2D eigenvalue weighted by Gasteiger charge is 2.54. The maximum atomic E-state index is 12.6. The lowest BCUT2D eigenvalue weighted by Gasteiger charge is -2.47. The zero-order valence-corrected chi connectivity index (χ0v) is 21.9. The number of carbonyl (C=O) groups excluding carboxylic acids is 3. The molecule has 2 aliphatic rings. The highest BCUT2D eigenvalue weighted by Crippen LogP contribution is 2.47. The molecular formula is C19H32N3O17P. The number of amides is 2. The molecule has 12 atom stereocenters. The zero-order valence-electron chi connectivity index (χ0n) is 21.0. The molecule has 0 aliphatic carbocycles. The van der Waals surface area contributed by atoms with Gasteiger partial charge in [-0.1, -0.05) is 0 Å². The first kappa shape index (κ1) is 33.9. The molecule has 2 heterocycles. The van der Waals surface area contributed by atoms with Crippen LogP contribution in [0.2, 0.25) is 0 Å². The number of hydrogen-bond donors (Lipinski definition) is 9. The van der Waals surface area contributed by atoms with Crippen LogP contribution in [0.4, 0.5) is 0 Å². The van der Waals surface area contributed by atoms with Gasteiger partial charge in [-0.15, -0.1) is 5.48 Å². The minimum atomic E-state index is -5.23. The van der Waals surface area contributed by atoms with Crippen LogP contribution in [0.1, 0.15) is 13.8 Å². The lowest BCUT2D eigenvalue weighted by atomic mass is 9.94. The van der Waals surface area contributed by atoms with Crippen molar-refractivity contribution >= 4 is 32.1 Å². The van der Waals surface area contributed by atoms with Crippen LogP contribution in [0.25, 0.3) is 0 Å². The molecule has 0 spiro atoms. The molecule has 0 aromatic rings. The summed E-state index contributed by atoms with van der Waals surface area (Å²) in [4.78, 5) is 60.2. The lowest BCUT2D eigenvalue weighted by molar-refractivity contribution is -0.330. The molecule has 2 saturated heterocycles. The van der Waals surface area contributed by atoms with Crippen molar-refractivity contribution in [1.82, 2.24) is 10.8 Å². The number of carboxylic acid groups (broad SMARTS) is 1. The molecule has 10 N–H and O–H groups in total. The Kier molecular flexibility index (Phi) is 12.3. The Labute approximate surface area is 225 Å². The first-order valence-corrected chi connectivity index (χ1v) is 13.0. The summed E-state index contributed by atoms with van der Waals surface area (Å²) in [7, 11) is -5.23. The normalized spacial score (nSPS) is 36.6. The Bertz CT molecular complexity index is 957. The highest BCUT2D eigenvalue weighted by molar-refractivity contribution is 7.47. The average molecular weight is 605 g/mol. The van der Waals surface area contributed by atoms with E-state index in [1.54, 1.807) is 0 Å². The quantitative estimate of drug-likeness (QED) is 0.0507. The fourth-order valence-electron chi connectivity index (χ4n) is 3.75. The molecule has 0 bridgehead atoms. The van der Waals surface area contributed by atoms with Gasteiger partial charge in [-0.05, 0) is 6.92 Å². The number of aliphatic carboxylic acids is 1. The second-order valence-electron chi connectivity index (χ2n) is 8.82. The van der Waals surface area contributed by atoms with Gasteiger partial charge in [0.05, 0.1) is 19.1 Å². The minimum Gasteiger partial charge on any atom is -0.481 e. The lowest BCUT2D eigenvalue weighted by Crippen LogP contribution is -2.70. The smallest absolute Gasteiger partial charge is 0.474 e. The van der Waals surface area contributed by atoms with E-state index in [4.69, 9.17) is 29.6 Å². The molecule has 2 fully saturated rings. The number of ether oxygens (including phenoxy) is 3. The van der Waals surface area contributed by atoms with Gasteiger partial charge in [-0.2, -0.15) is 0 Å². The molecule has 2 aliphatic heterocycles. The summed E-state index contributed by atoms with van der Waals surface area (Å²) in [5.41, 5.74) is 7.26. The maximum absolute atomic E-state index is 12.6. The van der Waals surface area contributed by atoms with Gasteiger partial charge in [0.2, 0.25) is 11.8 Å². The first-order chi connectivity index (χ1) is 18.6. The topological polar surface area (TPSA) is 312 Å². The highest BCUT2D eigenvalue weighted by atomic mass is 31.2. The molecule has 21 heteroatoms. The van der Waals surface area contributed by atoms with Crippen LogP contribution in [-0.4, -0.2) is 129 Å². The predicted octanol–water partition coefficient (Wildman–Crippen LogP) is -5.21. The maximum Gasteiger partial charge on any atom is 0.474 e. The van der Waals surface area contributed by atoms with Crippen molar-refractivity contribution < 1.29 is 82.3 Å². The number of nitrogens with one attached hydrogen (secondary N) is 2. The number of primary amides is 1. The molecule has 0 saturated carbocycles. The van der Waals surface area contributed by atoms with Crippen molar-refractivity contribution in [2.45, 2.75) is 75.1 Å². The van der Waals surface area contributed by atoms with Crippen molar-refractivity contribution in [3.05, 3.63) is 0 Å². The molecule has 0 aromatic heterocycles. The largest absolute Gasteiger partial charge is 0.481 e. The van der Waals surface area contributed by atoms with Crippen LogP contribution < -0.4 is 16.5 Å². The summed E-state index contributed by atoms with van der Waals surface area (Å²) in [6.07, 6.45) is -15.0. The molecule has 230 valence electrons. The van der Waals surface area contributed by atoms with Gasteiger partial charge in [0.1, 0.15) is 42.6 Å². The van der Waals surface area contributed by atoms with Gasteiger partial charge >= 0.3 is 20.3 Å². The summed E-state index contributed by atoms with van der Waals surface area (Å²) < 4.78 is 38.6. The van der Waals surface area contributed by atoms with E-state index < -0.39 is 106 Å². The fourth-order valence-corrected chi connectivity index (χ4v) is 4.65. The number of hydroxylamine groups is 1. The third-order valence-corrected chi connectivity index (χ3v) is 6.75. The summed E-state index contributed by atoms with van der Waals surface area (Å²) in [5.74, 6) is -4.69. The van der Waals surface area contributed by atoms with Gasteiger partial charge in [-0.3, -0.25) is 28.2 Å². The number of carbonyl (C=O) groups is 4. The Morgan fingerprint density at radius 2 is 1.75 bits per heavy atom. The zero-order chi connectivity index (χ0) is 30.4. The van der Waals surface area contributed by atoms with E-state index in [-0.39, 0.29) is 6.47 Å². The number of phosphoric acid groups is 1. The number of phosphoric ester groups is 1. The van der Waals surface area contributed by atoms with Gasteiger partial charge in [0, 0.05) is 6.92 Å². The molecule has 2 amide bonds. The Balaban J connectivity index is 2.47. The molecule has 40 heavy (non-hydrogen) atoms. The van der Waals surface area contributed by atoms with Crippen molar-refractivity contribution in [3.8, 4) is 0 Å². The van der Waals surface area contributed by atoms with Crippen LogP contribution in [0.5, 0.6) is 0 Å². The molecular weight excluding hydrogens is 573 g/mol. The number of aliphatic hydroxyl groups is 4. The Morgan fingerprint density at radius 3 is 2.27 bits per heavy atom. The average Bonchev–Trinajstić information content (AvgIpc) is 2.87. The molecule has 0 aromatic carbocycles. The van der Waals surface area contributed by atoms with Crippen LogP contribution >= 0.6 is 7.82 Å². The number of carboxylic acids is 1. The number of aliphatic hydroxyl groups excluding tert-OH is 4. The number of nitrogens with two attached hydrogens (primary N) is 1. The summed E-state index contributed by atoms with van der Waals surface area (Å²) in [5, 5.41) is 52.2. The summed E-state index contributed by atoms with van der Waals surface area (Å²) >= 11 is 0. The Morgan fingerprint density at radius 1 is 1.10 bits per heavy atom. The third kappa shape index (κ3) is 8.59. The van der Waals surface area contributed by atoms with Crippen LogP contribution in [0, 0.1) is 5.92 Å². The summed E-state index contributed by atoms with van der Waals surface area (Å²) in [6.45, 7) is 0.390. The van der Waals surface area contributed by atoms with E-state index in [9.17, 15) is 49.1 Å². The van der Waals surface area contributed by atoms with Crippen LogP contribution in [-0.2, 0) is 51.8 Å². The van der Waals surface area contributed by atoms with Crippen molar-refractivity contribution in [2.75, 3.05) is 13.2 Å². The second kappa shape index (κ2) is 14.5. The van der Waals surface area contributed by atoms with E-state index in [1.165, 1.54) is 0 Å². The first-order valence-electron chi connectivity index (χ1n) is 11.5. The molecule has 2 rings (SSSR count). The van der Waals surface area contributed by atoms with E-state index in [0.29, 0.717) is 0 Å². The monoisotopic (exact) mass is 605 g/mol. The van der Waals surface area contributed by atoms with E-state index in [1.807, 2.05) is 5.48 Å². The number of hydrogen-bond acceptors (Lipinski definition) is 16. The van der Waals surface area contributed by atoms with Crippen LogP contribution in [0.3, 0.4) is 0 Å². The molecule has 0 radical (unpaired) electrons. The predicted molar refractivity (Wildman–Crippen MR) is 122 cm³/mol. The molecule has 5 unspecified atom stereocenters.